The topological polar surface area (TPSA) is 112 Å². The Kier molecular flexibility index (Phi) is 8.92. The molecule has 0 radical (unpaired) electrons. The number of ether oxygens (including phenoxy) is 2. The highest BCUT2D eigenvalue weighted by molar-refractivity contribution is 5.93. The first-order chi connectivity index (χ1) is 15.6. The molecule has 1 atom stereocenters. The molecule has 3 rings (SSSR count). The molecule has 170 valence electrons. The summed E-state index contributed by atoms with van der Waals surface area (Å²) in [6.45, 7) is 7.70. The van der Waals surface area contributed by atoms with Gasteiger partial charge < -0.3 is 20.1 Å². The number of hydrogen-bond acceptors (Lipinski definition) is 8. The van der Waals surface area contributed by atoms with Crippen LogP contribution in [0.15, 0.2) is 30.6 Å². The fraction of sp³-hybridized carbons (Fsp3) is 0.478. The molecule has 1 saturated heterocycles. The predicted octanol–water partition coefficient (Wildman–Crippen LogP) is 1.39. The second-order valence-electron chi connectivity index (χ2n) is 7.78. The van der Waals surface area contributed by atoms with E-state index in [9.17, 15) is 4.79 Å². The monoisotopic (exact) mass is 438 g/mol. The van der Waals surface area contributed by atoms with Crippen molar-refractivity contribution in [2.75, 3.05) is 51.8 Å². The molecular weight excluding hydrogens is 408 g/mol. The second-order valence-corrected chi connectivity index (χ2v) is 7.78. The first-order valence-electron chi connectivity index (χ1n) is 10.8. The second kappa shape index (κ2) is 12.1. The van der Waals surface area contributed by atoms with Crippen molar-refractivity contribution < 1.29 is 14.3 Å². The number of nitriles is 1. The summed E-state index contributed by atoms with van der Waals surface area (Å²) in [4.78, 5) is 22.8. The Morgan fingerprint density at radius 1 is 1.31 bits per heavy atom. The number of nitrogens with one attached hydrogen (secondary N) is 2. The van der Waals surface area contributed by atoms with Crippen LogP contribution in [-0.4, -0.2) is 73.3 Å². The Labute approximate surface area is 188 Å². The van der Waals surface area contributed by atoms with E-state index < -0.39 is 0 Å². The van der Waals surface area contributed by atoms with Gasteiger partial charge in [0.1, 0.15) is 11.8 Å². The van der Waals surface area contributed by atoms with Crippen LogP contribution in [0.5, 0.6) is 5.75 Å². The molecule has 1 aromatic carbocycles. The molecule has 0 aliphatic carbocycles. The third-order valence-corrected chi connectivity index (χ3v) is 5.24. The summed E-state index contributed by atoms with van der Waals surface area (Å²) in [6.07, 6.45) is 3.72. The Morgan fingerprint density at radius 2 is 2.12 bits per heavy atom. The van der Waals surface area contributed by atoms with Crippen LogP contribution in [0, 0.1) is 11.3 Å². The number of anilines is 1. The summed E-state index contributed by atoms with van der Waals surface area (Å²) in [6, 6.07) is 8.11. The summed E-state index contributed by atoms with van der Waals surface area (Å²) in [5, 5.41) is 15.2. The van der Waals surface area contributed by atoms with Crippen LogP contribution in [0.2, 0.25) is 0 Å². The number of nitrogens with zero attached hydrogens (tertiary/aromatic N) is 4. The van der Waals surface area contributed by atoms with Gasteiger partial charge in [-0.3, -0.25) is 14.7 Å². The quantitative estimate of drug-likeness (QED) is 0.572. The van der Waals surface area contributed by atoms with Crippen LogP contribution in [0.25, 0.3) is 0 Å². The number of aromatic nitrogens is 2. The summed E-state index contributed by atoms with van der Waals surface area (Å²) in [5.41, 5.74) is 2.45. The first-order valence-corrected chi connectivity index (χ1v) is 10.8. The Hall–Kier alpha value is -3.06. The van der Waals surface area contributed by atoms with Crippen molar-refractivity contribution in [3.8, 4) is 11.8 Å². The van der Waals surface area contributed by atoms with Gasteiger partial charge in [-0.05, 0) is 37.6 Å². The van der Waals surface area contributed by atoms with Crippen molar-refractivity contribution in [1.82, 2.24) is 20.2 Å². The smallest absolute Gasteiger partial charge is 0.230 e. The normalized spacial score (nSPS) is 15.0. The van der Waals surface area contributed by atoms with Crippen LogP contribution in [0.1, 0.15) is 23.9 Å². The van der Waals surface area contributed by atoms with E-state index >= 15 is 0 Å². The van der Waals surface area contributed by atoms with Crippen molar-refractivity contribution >= 4 is 11.6 Å². The van der Waals surface area contributed by atoms with Gasteiger partial charge in [-0.15, -0.1) is 0 Å². The molecule has 2 aromatic rings. The molecule has 1 aromatic heterocycles. The molecule has 1 aliphatic rings. The molecule has 1 fully saturated rings. The van der Waals surface area contributed by atoms with Crippen molar-refractivity contribution in [2.24, 2.45) is 0 Å². The van der Waals surface area contributed by atoms with Gasteiger partial charge in [0.25, 0.3) is 0 Å². The molecule has 0 saturated carbocycles. The summed E-state index contributed by atoms with van der Waals surface area (Å²) < 4.78 is 10.9. The largest absolute Gasteiger partial charge is 0.495 e. The SMILES string of the molecule is COc1cc(CCN[C@@H](C)CN2CCOCC2)ccc1NC(=O)Cc1cnc(C#N)cn1. The lowest BCUT2D eigenvalue weighted by Gasteiger charge is -2.29. The van der Waals surface area contributed by atoms with E-state index in [1.54, 1.807) is 7.11 Å². The number of carbonyl (C=O) groups excluding carboxylic acids is 1. The van der Waals surface area contributed by atoms with Gasteiger partial charge in [0.05, 0.1) is 50.5 Å². The number of amides is 1. The van der Waals surface area contributed by atoms with Crippen molar-refractivity contribution in [1.29, 1.82) is 5.26 Å². The minimum absolute atomic E-state index is 0.0641. The van der Waals surface area contributed by atoms with Crippen LogP contribution in [-0.2, 0) is 22.4 Å². The molecule has 1 amide bonds. The lowest BCUT2D eigenvalue weighted by atomic mass is 10.1. The van der Waals surface area contributed by atoms with E-state index in [0.717, 1.165) is 51.4 Å². The van der Waals surface area contributed by atoms with E-state index in [2.05, 4.69) is 32.4 Å². The highest BCUT2D eigenvalue weighted by Gasteiger charge is 2.14. The molecule has 2 heterocycles. The number of benzene rings is 1. The molecule has 2 N–H and O–H groups in total. The Balaban J connectivity index is 1.47. The maximum atomic E-state index is 12.4. The summed E-state index contributed by atoms with van der Waals surface area (Å²) >= 11 is 0. The predicted molar refractivity (Wildman–Crippen MR) is 121 cm³/mol. The molecule has 0 spiro atoms. The molecule has 32 heavy (non-hydrogen) atoms. The van der Waals surface area contributed by atoms with Gasteiger partial charge in [-0.25, -0.2) is 4.98 Å². The fourth-order valence-electron chi connectivity index (χ4n) is 3.56. The lowest BCUT2D eigenvalue weighted by Crippen LogP contribution is -2.44. The van der Waals surface area contributed by atoms with Gasteiger partial charge >= 0.3 is 0 Å². The fourth-order valence-corrected chi connectivity index (χ4v) is 3.56. The van der Waals surface area contributed by atoms with E-state index in [0.29, 0.717) is 23.2 Å². The van der Waals surface area contributed by atoms with Crippen molar-refractivity contribution in [2.45, 2.75) is 25.8 Å². The Morgan fingerprint density at radius 3 is 2.81 bits per heavy atom. The number of morpholine rings is 1. The lowest BCUT2D eigenvalue weighted by molar-refractivity contribution is -0.115. The highest BCUT2D eigenvalue weighted by Crippen LogP contribution is 2.26. The minimum atomic E-state index is -0.228. The van der Waals surface area contributed by atoms with Crippen LogP contribution < -0.4 is 15.4 Å². The third-order valence-electron chi connectivity index (χ3n) is 5.24. The van der Waals surface area contributed by atoms with Gasteiger partial charge in [0, 0.05) is 25.7 Å². The zero-order chi connectivity index (χ0) is 22.8. The van der Waals surface area contributed by atoms with E-state index in [4.69, 9.17) is 14.7 Å². The van der Waals surface area contributed by atoms with Crippen LogP contribution in [0.3, 0.4) is 0 Å². The number of hydrogen-bond donors (Lipinski definition) is 2. The molecular formula is C23H30N6O3. The van der Waals surface area contributed by atoms with E-state index in [1.165, 1.54) is 12.4 Å². The van der Waals surface area contributed by atoms with Gasteiger partial charge in [0.15, 0.2) is 5.69 Å². The first kappa shape index (κ1) is 23.6. The van der Waals surface area contributed by atoms with Gasteiger partial charge in [-0.2, -0.15) is 5.26 Å². The molecule has 9 heteroatoms. The van der Waals surface area contributed by atoms with Crippen molar-refractivity contribution in [3.63, 3.8) is 0 Å². The number of methoxy groups -OCH3 is 1. The molecule has 0 bridgehead atoms. The zero-order valence-electron chi connectivity index (χ0n) is 18.6. The maximum Gasteiger partial charge on any atom is 0.230 e. The van der Waals surface area contributed by atoms with E-state index in [-0.39, 0.29) is 18.0 Å². The number of carbonyl (C=O) groups is 1. The van der Waals surface area contributed by atoms with E-state index in [1.807, 2.05) is 24.3 Å². The third kappa shape index (κ3) is 7.27. The maximum absolute atomic E-state index is 12.4. The van der Waals surface area contributed by atoms with Gasteiger partial charge in [0.2, 0.25) is 5.91 Å². The molecule has 9 nitrogen and oxygen atoms in total. The van der Waals surface area contributed by atoms with Crippen LogP contribution >= 0.6 is 0 Å². The van der Waals surface area contributed by atoms with Gasteiger partial charge in [-0.1, -0.05) is 6.07 Å². The van der Waals surface area contributed by atoms with Crippen molar-refractivity contribution in [3.05, 3.63) is 47.5 Å². The zero-order valence-corrected chi connectivity index (χ0v) is 18.6. The average molecular weight is 439 g/mol. The molecule has 0 unspecified atom stereocenters. The highest BCUT2D eigenvalue weighted by atomic mass is 16.5. The van der Waals surface area contributed by atoms with Crippen LogP contribution in [0.4, 0.5) is 5.69 Å². The average Bonchev–Trinajstić information content (AvgIpc) is 2.81. The summed E-state index contributed by atoms with van der Waals surface area (Å²) in [5.74, 6) is 0.386. The minimum Gasteiger partial charge on any atom is -0.495 e. The molecule has 1 aliphatic heterocycles. The summed E-state index contributed by atoms with van der Waals surface area (Å²) in [7, 11) is 1.59. The Bertz CT molecular complexity index is 922. The number of rotatable bonds is 10. The standard InChI is InChI=1S/C23H30N6O3/c1-17(16-29-7-9-32-10-8-29)25-6-5-18-3-4-21(22(11-18)31-2)28-23(30)12-19-14-27-20(13-24)15-26-19/h3-4,11,14-15,17,25H,5-10,12,16H2,1-2H3,(H,28,30)/t17-/m0/s1.